The standard InChI is InChI=1S/C34H62O2/c1-31(2)23-22-24-33-25-27-34(28-26-33)32(3)36-30-21-19-17-15-13-11-9-7-5-4-6-8-10-12-14-16-18-20-29-35/h23,25,34-35H,3-22,24,26-30H2,1-2H3. The fourth-order valence-electron chi connectivity index (χ4n) is 5.32. The number of rotatable bonds is 25. The predicted octanol–water partition coefficient (Wildman–Crippen LogP) is 11.0. The molecule has 0 amide bonds. The molecule has 0 aromatic carbocycles. The molecular weight excluding hydrogens is 440 g/mol. The summed E-state index contributed by atoms with van der Waals surface area (Å²) in [4.78, 5) is 0. The van der Waals surface area contributed by atoms with Crippen molar-refractivity contribution in [3.8, 4) is 0 Å². The van der Waals surface area contributed by atoms with Crippen molar-refractivity contribution in [2.24, 2.45) is 5.92 Å². The van der Waals surface area contributed by atoms with Crippen LogP contribution in [0.4, 0.5) is 0 Å². The topological polar surface area (TPSA) is 29.5 Å². The lowest BCUT2D eigenvalue weighted by molar-refractivity contribution is 0.168. The largest absolute Gasteiger partial charge is 0.498 e. The molecule has 0 aliphatic heterocycles. The van der Waals surface area contributed by atoms with Crippen LogP contribution in [0.15, 0.2) is 35.6 Å². The maximum Gasteiger partial charge on any atom is 0.0922 e. The van der Waals surface area contributed by atoms with Gasteiger partial charge < -0.3 is 9.84 Å². The number of ether oxygens (including phenoxy) is 1. The van der Waals surface area contributed by atoms with Gasteiger partial charge in [0.1, 0.15) is 0 Å². The molecule has 0 spiro atoms. The summed E-state index contributed by atoms with van der Waals surface area (Å²) in [6, 6.07) is 0. The molecular formula is C34H62O2. The minimum atomic E-state index is 0.365. The summed E-state index contributed by atoms with van der Waals surface area (Å²) < 4.78 is 6.02. The van der Waals surface area contributed by atoms with Crippen LogP contribution in [0.3, 0.4) is 0 Å². The highest BCUT2D eigenvalue weighted by molar-refractivity contribution is 5.12. The predicted molar refractivity (Wildman–Crippen MR) is 159 cm³/mol. The lowest BCUT2D eigenvalue weighted by Gasteiger charge is -2.24. The highest BCUT2D eigenvalue weighted by Gasteiger charge is 2.18. The maximum atomic E-state index is 8.78. The zero-order chi connectivity index (χ0) is 26.1. The number of aliphatic hydroxyl groups excluding tert-OH is 1. The van der Waals surface area contributed by atoms with Crippen LogP contribution >= 0.6 is 0 Å². The van der Waals surface area contributed by atoms with E-state index < -0.39 is 0 Å². The van der Waals surface area contributed by atoms with Crippen LogP contribution < -0.4 is 0 Å². The minimum absolute atomic E-state index is 0.365. The molecule has 1 aliphatic carbocycles. The van der Waals surface area contributed by atoms with E-state index in [1.165, 1.54) is 140 Å². The molecule has 0 fully saturated rings. The molecule has 210 valence electrons. The van der Waals surface area contributed by atoms with E-state index in [0.717, 1.165) is 25.2 Å². The van der Waals surface area contributed by atoms with Gasteiger partial charge in [-0.25, -0.2) is 0 Å². The first-order chi connectivity index (χ1) is 17.6. The monoisotopic (exact) mass is 502 g/mol. The van der Waals surface area contributed by atoms with Crippen LogP contribution in [0.25, 0.3) is 0 Å². The number of hydrogen-bond acceptors (Lipinski definition) is 2. The maximum absolute atomic E-state index is 8.78. The molecule has 36 heavy (non-hydrogen) atoms. The van der Waals surface area contributed by atoms with Gasteiger partial charge in [-0.05, 0) is 58.8 Å². The third kappa shape index (κ3) is 20.1. The van der Waals surface area contributed by atoms with Gasteiger partial charge in [0, 0.05) is 12.5 Å². The van der Waals surface area contributed by atoms with Crippen LogP contribution in [0.5, 0.6) is 0 Å². The average molecular weight is 503 g/mol. The van der Waals surface area contributed by atoms with E-state index in [2.05, 4.69) is 32.6 Å². The Bertz CT molecular complexity index is 570. The molecule has 0 saturated carbocycles. The number of aliphatic hydroxyl groups is 1. The minimum Gasteiger partial charge on any atom is -0.498 e. The van der Waals surface area contributed by atoms with Crippen molar-refractivity contribution in [2.45, 2.75) is 162 Å². The molecule has 1 unspecified atom stereocenters. The second-order valence-electron chi connectivity index (χ2n) is 11.6. The summed E-state index contributed by atoms with van der Waals surface area (Å²) in [6.45, 7) is 9.83. The van der Waals surface area contributed by atoms with Gasteiger partial charge in [0.2, 0.25) is 0 Å². The van der Waals surface area contributed by atoms with Gasteiger partial charge in [0.15, 0.2) is 0 Å². The van der Waals surface area contributed by atoms with E-state index in [-0.39, 0.29) is 0 Å². The van der Waals surface area contributed by atoms with Gasteiger partial charge >= 0.3 is 0 Å². The number of hydrogen-bond donors (Lipinski definition) is 1. The summed E-state index contributed by atoms with van der Waals surface area (Å²) >= 11 is 0. The Morgan fingerprint density at radius 3 is 1.69 bits per heavy atom. The molecule has 0 saturated heterocycles. The lowest BCUT2D eigenvalue weighted by atomic mass is 9.87. The molecule has 1 aliphatic rings. The van der Waals surface area contributed by atoms with Crippen LogP contribution in [0, 0.1) is 5.92 Å². The van der Waals surface area contributed by atoms with Crippen molar-refractivity contribution >= 4 is 0 Å². The third-order valence-corrected chi connectivity index (χ3v) is 7.82. The van der Waals surface area contributed by atoms with Crippen molar-refractivity contribution in [3.05, 3.63) is 35.6 Å². The van der Waals surface area contributed by atoms with Gasteiger partial charge in [-0.2, -0.15) is 0 Å². The van der Waals surface area contributed by atoms with Crippen LogP contribution in [0.2, 0.25) is 0 Å². The van der Waals surface area contributed by atoms with Crippen molar-refractivity contribution in [3.63, 3.8) is 0 Å². The summed E-state index contributed by atoms with van der Waals surface area (Å²) in [5.74, 6) is 1.56. The highest BCUT2D eigenvalue weighted by Crippen LogP contribution is 2.31. The first-order valence-electron chi connectivity index (χ1n) is 15.9. The molecule has 2 heteroatoms. The number of allylic oxidation sites excluding steroid dienone is 5. The van der Waals surface area contributed by atoms with Crippen LogP contribution in [-0.2, 0) is 4.74 Å². The molecule has 0 aromatic rings. The van der Waals surface area contributed by atoms with E-state index in [9.17, 15) is 0 Å². The Hall–Kier alpha value is -1.02. The van der Waals surface area contributed by atoms with Gasteiger partial charge in [-0.3, -0.25) is 0 Å². The normalized spacial score (nSPS) is 15.5. The fraction of sp³-hybridized carbons (Fsp3) is 0.824. The SMILES string of the molecule is C=C(OCCCCCCCCCCCCCCCCCCCCO)C1CC=C(CCC=C(C)C)CC1. The van der Waals surface area contributed by atoms with E-state index in [1.807, 2.05) is 0 Å². The first kappa shape index (κ1) is 33.0. The summed E-state index contributed by atoms with van der Waals surface area (Å²) in [7, 11) is 0. The molecule has 2 nitrogen and oxygen atoms in total. The smallest absolute Gasteiger partial charge is 0.0922 e. The fourth-order valence-corrected chi connectivity index (χ4v) is 5.32. The zero-order valence-corrected chi connectivity index (χ0v) is 24.5. The quantitative estimate of drug-likeness (QED) is 0.0764. The lowest BCUT2D eigenvalue weighted by Crippen LogP contribution is -2.11. The Morgan fingerprint density at radius 2 is 1.28 bits per heavy atom. The number of unbranched alkanes of at least 4 members (excludes halogenated alkanes) is 17. The highest BCUT2D eigenvalue weighted by atomic mass is 16.5. The molecule has 1 rings (SSSR count). The zero-order valence-electron chi connectivity index (χ0n) is 24.5. The first-order valence-corrected chi connectivity index (χ1v) is 15.9. The third-order valence-electron chi connectivity index (χ3n) is 7.82. The molecule has 1 atom stereocenters. The molecule has 0 radical (unpaired) electrons. The van der Waals surface area contributed by atoms with Crippen molar-refractivity contribution in [1.29, 1.82) is 0 Å². The second-order valence-corrected chi connectivity index (χ2v) is 11.6. The van der Waals surface area contributed by atoms with Crippen LogP contribution in [-0.4, -0.2) is 18.3 Å². The summed E-state index contributed by atoms with van der Waals surface area (Å²) in [5, 5.41) is 8.78. The molecule has 0 heterocycles. The Balaban J connectivity index is 1.81. The Morgan fingerprint density at radius 1 is 0.806 bits per heavy atom. The van der Waals surface area contributed by atoms with E-state index in [0.29, 0.717) is 12.5 Å². The molecule has 0 bridgehead atoms. The second kappa shape index (κ2) is 24.3. The summed E-state index contributed by atoms with van der Waals surface area (Å²) in [5.41, 5.74) is 3.06. The summed E-state index contributed by atoms with van der Waals surface area (Å²) in [6.07, 6.45) is 35.1. The molecule has 0 aromatic heterocycles. The van der Waals surface area contributed by atoms with Crippen molar-refractivity contribution < 1.29 is 9.84 Å². The van der Waals surface area contributed by atoms with E-state index in [4.69, 9.17) is 9.84 Å². The van der Waals surface area contributed by atoms with E-state index >= 15 is 0 Å². The Labute approximate surface area is 226 Å². The Kier molecular flexibility index (Phi) is 22.3. The van der Waals surface area contributed by atoms with Gasteiger partial charge in [0.05, 0.1) is 12.4 Å². The van der Waals surface area contributed by atoms with Gasteiger partial charge in [-0.15, -0.1) is 0 Å². The van der Waals surface area contributed by atoms with Crippen molar-refractivity contribution in [2.75, 3.05) is 13.2 Å². The van der Waals surface area contributed by atoms with Gasteiger partial charge in [0.25, 0.3) is 0 Å². The van der Waals surface area contributed by atoms with E-state index in [1.54, 1.807) is 5.57 Å². The van der Waals surface area contributed by atoms with Gasteiger partial charge in [-0.1, -0.05) is 133 Å². The molecule has 1 N–H and O–H groups in total. The van der Waals surface area contributed by atoms with Crippen LogP contribution in [0.1, 0.15) is 162 Å². The van der Waals surface area contributed by atoms with Crippen molar-refractivity contribution in [1.82, 2.24) is 0 Å². The average Bonchev–Trinajstić information content (AvgIpc) is 2.87.